The van der Waals surface area contributed by atoms with Crippen molar-refractivity contribution in [3.05, 3.63) is 35.4 Å². The van der Waals surface area contributed by atoms with Gasteiger partial charge in [0.05, 0.1) is 0 Å². The van der Waals surface area contributed by atoms with Gasteiger partial charge in [0, 0.05) is 12.5 Å². The van der Waals surface area contributed by atoms with E-state index in [4.69, 9.17) is 12.3 Å². The molecule has 0 radical (unpaired) electrons. The zero-order chi connectivity index (χ0) is 12.0. The van der Waals surface area contributed by atoms with E-state index in [1.165, 1.54) is 6.07 Å². The van der Waals surface area contributed by atoms with Gasteiger partial charge < -0.3 is 0 Å². The molecule has 1 atom stereocenters. The molecular formula is C12H14F2N2. The lowest BCUT2D eigenvalue weighted by atomic mass is 10.0. The summed E-state index contributed by atoms with van der Waals surface area (Å²) in [4.78, 5) is 0. The van der Waals surface area contributed by atoms with Gasteiger partial charge in [0.2, 0.25) is 0 Å². The lowest BCUT2D eigenvalue weighted by molar-refractivity contribution is 0.464. The summed E-state index contributed by atoms with van der Waals surface area (Å²) < 4.78 is 26.3. The van der Waals surface area contributed by atoms with Crippen molar-refractivity contribution in [1.29, 1.82) is 0 Å². The number of rotatable bonds is 5. The summed E-state index contributed by atoms with van der Waals surface area (Å²) in [6.45, 7) is 0. The Morgan fingerprint density at radius 2 is 2.19 bits per heavy atom. The first-order valence-electron chi connectivity index (χ1n) is 5.01. The van der Waals surface area contributed by atoms with Gasteiger partial charge in [-0.1, -0.05) is 12.1 Å². The van der Waals surface area contributed by atoms with Crippen LogP contribution in [0.1, 0.15) is 18.4 Å². The predicted octanol–water partition coefficient (Wildman–Crippen LogP) is 1.75. The van der Waals surface area contributed by atoms with Crippen LogP contribution in [0.5, 0.6) is 0 Å². The maximum absolute atomic E-state index is 13.3. The second-order valence-corrected chi connectivity index (χ2v) is 3.52. The molecule has 0 aliphatic heterocycles. The Kier molecular flexibility index (Phi) is 4.90. The number of benzene rings is 1. The molecule has 86 valence electrons. The molecule has 0 aromatic heterocycles. The van der Waals surface area contributed by atoms with E-state index in [2.05, 4.69) is 11.3 Å². The molecule has 0 spiro atoms. The van der Waals surface area contributed by atoms with Gasteiger partial charge in [-0.2, -0.15) is 0 Å². The summed E-state index contributed by atoms with van der Waals surface area (Å²) in [7, 11) is 0. The Labute approximate surface area is 93.8 Å². The smallest absolute Gasteiger partial charge is 0.162 e. The molecule has 1 aromatic carbocycles. The lowest BCUT2D eigenvalue weighted by Gasteiger charge is -2.15. The summed E-state index contributed by atoms with van der Waals surface area (Å²) >= 11 is 0. The molecule has 0 saturated carbocycles. The Morgan fingerprint density at radius 3 is 2.81 bits per heavy atom. The van der Waals surface area contributed by atoms with Crippen molar-refractivity contribution in [3.63, 3.8) is 0 Å². The molecule has 1 unspecified atom stereocenters. The van der Waals surface area contributed by atoms with Crippen molar-refractivity contribution in [2.24, 2.45) is 5.84 Å². The van der Waals surface area contributed by atoms with Crippen LogP contribution in [0.25, 0.3) is 0 Å². The summed E-state index contributed by atoms with van der Waals surface area (Å²) in [6.07, 6.45) is 6.62. The molecule has 3 N–H and O–H groups in total. The van der Waals surface area contributed by atoms with Gasteiger partial charge in [-0.15, -0.1) is 12.3 Å². The fourth-order valence-corrected chi connectivity index (χ4v) is 1.47. The van der Waals surface area contributed by atoms with Crippen LogP contribution in [0.4, 0.5) is 8.78 Å². The van der Waals surface area contributed by atoms with E-state index in [0.29, 0.717) is 24.8 Å². The highest BCUT2D eigenvalue weighted by molar-refractivity contribution is 5.20. The number of halogens is 2. The highest BCUT2D eigenvalue weighted by Crippen LogP contribution is 2.14. The molecule has 0 amide bonds. The molecule has 0 fully saturated rings. The molecule has 1 rings (SSSR count). The third-order valence-electron chi connectivity index (χ3n) is 2.37. The van der Waals surface area contributed by atoms with Crippen molar-refractivity contribution < 1.29 is 8.78 Å². The average molecular weight is 224 g/mol. The maximum Gasteiger partial charge on any atom is 0.162 e. The predicted molar refractivity (Wildman–Crippen MR) is 59.2 cm³/mol. The molecule has 0 saturated heterocycles. The molecule has 4 heteroatoms. The van der Waals surface area contributed by atoms with Crippen molar-refractivity contribution in [2.45, 2.75) is 25.3 Å². The molecular weight excluding hydrogens is 210 g/mol. The van der Waals surface area contributed by atoms with Crippen molar-refractivity contribution >= 4 is 0 Å². The van der Waals surface area contributed by atoms with Gasteiger partial charge >= 0.3 is 0 Å². The number of nitrogens with one attached hydrogen (secondary N) is 1. The third-order valence-corrected chi connectivity index (χ3v) is 2.37. The molecule has 1 aromatic rings. The zero-order valence-electron chi connectivity index (χ0n) is 8.84. The SMILES string of the molecule is C#CCCC(Cc1cccc(F)c1F)NN. The van der Waals surface area contributed by atoms with Gasteiger partial charge in [0.25, 0.3) is 0 Å². The Hall–Kier alpha value is -1.44. The highest BCUT2D eigenvalue weighted by Gasteiger charge is 2.12. The van der Waals surface area contributed by atoms with Crippen LogP contribution in [0.2, 0.25) is 0 Å². The Morgan fingerprint density at radius 1 is 1.44 bits per heavy atom. The monoisotopic (exact) mass is 224 g/mol. The van der Waals surface area contributed by atoms with Crippen LogP contribution in [-0.2, 0) is 6.42 Å². The lowest BCUT2D eigenvalue weighted by Crippen LogP contribution is -2.36. The normalized spacial score (nSPS) is 12.1. The quantitative estimate of drug-likeness (QED) is 0.454. The van der Waals surface area contributed by atoms with E-state index in [9.17, 15) is 8.78 Å². The summed E-state index contributed by atoms with van der Waals surface area (Å²) in [5.41, 5.74) is 2.85. The summed E-state index contributed by atoms with van der Waals surface area (Å²) in [5, 5.41) is 0. The van der Waals surface area contributed by atoms with Crippen LogP contribution in [0, 0.1) is 24.0 Å². The van der Waals surface area contributed by atoms with Crippen molar-refractivity contribution in [3.8, 4) is 12.3 Å². The topological polar surface area (TPSA) is 38.0 Å². The van der Waals surface area contributed by atoms with Gasteiger partial charge in [0.1, 0.15) is 0 Å². The van der Waals surface area contributed by atoms with Gasteiger partial charge in [0.15, 0.2) is 11.6 Å². The first kappa shape index (κ1) is 12.6. The van der Waals surface area contributed by atoms with Crippen molar-refractivity contribution in [1.82, 2.24) is 5.43 Å². The maximum atomic E-state index is 13.3. The molecule has 0 aliphatic rings. The van der Waals surface area contributed by atoms with E-state index in [-0.39, 0.29) is 6.04 Å². The zero-order valence-corrected chi connectivity index (χ0v) is 8.84. The molecule has 0 heterocycles. The Balaban J connectivity index is 2.71. The second kappa shape index (κ2) is 6.21. The average Bonchev–Trinajstić information content (AvgIpc) is 2.30. The summed E-state index contributed by atoms with van der Waals surface area (Å²) in [6, 6.07) is 3.96. The minimum Gasteiger partial charge on any atom is -0.271 e. The largest absolute Gasteiger partial charge is 0.271 e. The first-order chi connectivity index (χ1) is 7.69. The number of hydrogen-bond acceptors (Lipinski definition) is 2. The third kappa shape index (κ3) is 3.30. The number of hydrazine groups is 1. The fraction of sp³-hybridized carbons (Fsp3) is 0.333. The first-order valence-corrected chi connectivity index (χ1v) is 5.01. The van der Waals surface area contributed by atoms with Gasteiger partial charge in [-0.25, -0.2) is 8.78 Å². The molecule has 16 heavy (non-hydrogen) atoms. The number of hydrogen-bond donors (Lipinski definition) is 2. The summed E-state index contributed by atoms with van der Waals surface area (Å²) in [5.74, 6) is 6.14. The number of terminal acetylenes is 1. The standard InChI is InChI=1S/C12H14F2N2/c1-2-3-6-10(16-15)8-9-5-4-7-11(13)12(9)14/h1,4-5,7,10,16H,3,6,8,15H2. The van der Waals surface area contributed by atoms with Crippen molar-refractivity contribution in [2.75, 3.05) is 0 Å². The Bertz CT molecular complexity index is 385. The minimum atomic E-state index is -0.842. The van der Waals surface area contributed by atoms with Crippen LogP contribution in [0.15, 0.2) is 18.2 Å². The van der Waals surface area contributed by atoms with E-state index in [1.807, 2.05) is 0 Å². The van der Waals surface area contributed by atoms with E-state index in [1.54, 1.807) is 6.07 Å². The molecule has 2 nitrogen and oxygen atoms in total. The van der Waals surface area contributed by atoms with Gasteiger partial charge in [-0.3, -0.25) is 11.3 Å². The molecule has 0 aliphatic carbocycles. The van der Waals surface area contributed by atoms with Crippen LogP contribution >= 0.6 is 0 Å². The highest BCUT2D eigenvalue weighted by atomic mass is 19.2. The second-order valence-electron chi connectivity index (χ2n) is 3.52. The fourth-order valence-electron chi connectivity index (χ4n) is 1.47. The van der Waals surface area contributed by atoms with Crippen LogP contribution in [0.3, 0.4) is 0 Å². The van der Waals surface area contributed by atoms with Crippen LogP contribution in [-0.4, -0.2) is 6.04 Å². The number of nitrogens with two attached hydrogens (primary N) is 1. The van der Waals surface area contributed by atoms with E-state index in [0.717, 1.165) is 6.07 Å². The van der Waals surface area contributed by atoms with E-state index >= 15 is 0 Å². The van der Waals surface area contributed by atoms with E-state index < -0.39 is 11.6 Å². The van der Waals surface area contributed by atoms with Gasteiger partial charge in [-0.05, 0) is 24.5 Å². The molecule has 0 bridgehead atoms. The minimum absolute atomic E-state index is 0.146. The van der Waals surface area contributed by atoms with Crippen LogP contribution < -0.4 is 11.3 Å².